The van der Waals surface area contributed by atoms with Gasteiger partial charge in [0, 0.05) is 17.0 Å². The second kappa shape index (κ2) is 4.66. The molecule has 0 bridgehead atoms. The Hall–Kier alpha value is -2.21. The first-order valence-electron chi connectivity index (χ1n) is 6.83. The van der Waals surface area contributed by atoms with Crippen LogP contribution in [0.2, 0.25) is 0 Å². The second-order valence-corrected chi connectivity index (χ2v) is 6.30. The van der Waals surface area contributed by atoms with Crippen molar-refractivity contribution in [1.82, 2.24) is 15.5 Å². The number of carbonyl (C=O) groups is 1. The number of aromatic nitrogens is 2. The average Bonchev–Trinajstić information content (AvgIpc) is 3.03. The summed E-state index contributed by atoms with van der Waals surface area (Å²) < 4.78 is 5.32. The highest BCUT2D eigenvalue weighted by atomic mass is 32.1. The third kappa shape index (κ3) is 2.31. The van der Waals surface area contributed by atoms with Gasteiger partial charge < -0.3 is 9.84 Å². The molecule has 0 unspecified atom stereocenters. The van der Waals surface area contributed by atoms with E-state index in [9.17, 15) is 4.79 Å². The number of benzene rings is 1. The van der Waals surface area contributed by atoms with Gasteiger partial charge in [-0.05, 0) is 38.0 Å². The smallest absolute Gasteiger partial charge is 0.251 e. The van der Waals surface area contributed by atoms with Crippen LogP contribution in [-0.4, -0.2) is 22.1 Å². The van der Waals surface area contributed by atoms with Crippen LogP contribution in [0, 0.1) is 6.92 Å². The fraction of sp³-hybridized carbons (Fsp3) is 0.267. The molecule has 0 saturated heterocycles. The number of rotatable bonds is 3. The molecule has 2 heterocycles. The maximum absolute atomic E-state index is 12.1. The van der Waals surface area contributed by atoms with Crippen LogP contribution in [0.15, 0.2) is 28.1 Å². The minimum Gasteiger partial charge on any atom is -0.356 e. The molecule has 4 rings (SSSR count). The van der Waals surface area contributed by atoms with Crippen LogP contribution in [0.25, 0.3) is 22.4 Å². The lowest BCUT2D eigenvalue weighted by Crippen LogP contribution is -2.25. The first kappa shape index (κ1) is 12.5. The van der Waals surface area contributed by atoms with Crippen molar-refractivity contribution in [2.75, 3.05) is 0 Å². The Bertz CT molecular complexity index is 832. The number of nitrogens with zero attached hydrogens (tertiary/aromatic N) is 2. The maximum atomic E-state index is 12.1. The molecule has 106 valence electrons. The van der Waals surface area contributed by atoms with Gasteiger partial charge in [-0.1, -0.05) is 5.16 Å². The highest BCUT2D eigenvalue weighted by Gasteiger charge is 2.24. The fourth-order valence-electron chi connectivity index (χ4n) is 2.23. The number of nitrogens with one attached hydrogen (secondary N) is 1. The minimum absolute atomic E-state index is 0.0407. The zero-order valence-corrected chi connectivity index (χ0v) is 12.2. The third-order valence-corrected chi connectivity index (χ3v) is 4.28. The Labute approximate surface area is 125 Å². The van der Waals surface area contributed by atoms with E-state index in [1.54, 1.807) is 23.5 Å². The third-order valence-electron chi connectivity index (χ3n) is 3.51. The standard InChI is InChI=1S/C15H13N3O2S/c1-8-16-12(7-21-8)14-11-6-9(2-5-13(11)20-18-14)15(19)17-10-3-4-10/h2,5-7,10H,3-4H2,1H3,(H,17,19). The van der Waals surface area contributed by atoms with E-state index in [4.69, 9.17) is 4.52 Å². The summed E-state index contributed by atoms with van der Waals surface area (Å²) in [5.74, 6) is -0.0407. The van der Waals surface area contributed by atoms with Gasteiger partial charge in [0.15, 0.2) is 5.58 Å². The van der Waals surface area contributed by atoms with Crippen molar-refractivity contribution in [1.29, 1.82) is 0 Å². The summed E-state index contributed by atoms with van der Waals surface area (Å²) in [5.41, 5.74) is 2.77. The number of carbonyl (C=O) groups excluding carboxylic acids is 1. The number of amides is 1. The topological polar surface area (TPSA) is 68.0 Å². The summed E-state index contributed by atoms with van der Waals surface area (Å²) in [6.45, 7) is 1.95. The first-order valence-corrected chi connectivity index (χ1v) is 7.71. The van der Waals surface area contributed by atoms with Crippen molar-refractivity contribution in [3.63, 3.8) is 0 Å². The molecule has 6 heteroatoms. The molecule has 1 aliphatic rings. The zero-order valence-electron chi connectivity index (χ0n) is 11.4. The number of hydrogen-bond acceptors (Lipinski definition) is 5. The van der Waals surface area contributed by atoms with E-state index in [0.717, 1.165) is 28.9 Å². The zero-order chi connectivity index (χ0) is 14.4. The van der Waals surface area contributed by atoms with Gasteiger partial charge >= 0.3 is 0 Å². The molecule has 5 nitrogen and oxygen atoms in total. The van der Waals surface area contributed by atoms with Crippen LogP contribution >= 0.6 is 11.3 Å². The normalized spacial score (nSPS) is 14.5. The van der Waals surface area contributed by atoms with Crippen molar-refractivity contribution in [2.24, 2.45) is 0 Å². The second-order valence-electron chi connectivity index (χ2n) is 5.24. The Kier molecular flexibility index (Phi) is 2.78. The molecule has 0 radical (unpaired) electrons. The number of hydrogen-bond donors (Lipinski definition) is 1. The molecule has 0 aliphatic heterocycles. The summed E-state index contributed by atoms with van der Waals surface area (Å²) in [5, 5.41) is 10.8. The number of thiazole rings is 1. The molecule has 1 N–H and O–H groups in total. The molecular formula is C15H13N3O2S. The van der Waals surface area contributed by atoms with Crippen molar-refractivity contribution in [2.45, 2.75) is 25.8 Å². The van der Waals surface area contributed by atoms with Crippen LogP contribution < -0.4 is 5.32 Å². The molecule has 1 aliphatic carbocycles. The van der Waals surface area contributed by atoms with Gasteiger partial charge in [0.2, 0.25) is 0 Å². The molecule has 0 atom stereocenters. The van der Waals surface area contributed by atoms with E-state index in [0.29, 0.717) is 22.9 Å². The monoisotopic (exact) mass is 299 g/mol. The fourth-order valence-corrected chi connectivity index (χ4v) is 2.83. The van der Waals surface area contributed by atoms with E-state index in [1.807, 2.05) is 18.4 Å². The van der Waals surface area contributed by atoms with Crippen LogP contribution in [0.3, 0.4) is 0 Å². The van der Waals surface area contributed by atoms with E-state index in [2.05, 4.69) is 15.5 Å². The summed E-state index contributed by atoms with van der Waals surface area (Å²) in [6.07, 6.45) is 2.15. The van der Waals surface area contributed by atoms with Crippen molar-refractivity contribution in [3.8, 4) is 11.4 Å². The largest absolute Gasteiger partial charge is 0.356 e. The number of aryl methyl sites for hydroxylation is 1. The highest BCUT2D eigenvalue weighted by molar-refractivity contribution is 7.09. The van der Waals surface area contributed by atoms with Gasteiger partial charge in [-0.2, -0.15) is 0 Å². The SMILES string of the molecule is Cc1nc(-c2noc3ccc(C(=O)NC4CC4)cc23)cs1. The van der Waals surface area contributed by atoms with Crippen LogP contribution in [0.1, 0.15) is 28.2 Å². The predicted octanol–water partition coefficient (Wildman–Crippen LogP) is 3.15. The van der Waals surface area contributed by atoms with Crippen molar-refractivity contribution >= 4 is 28.2 Å². The Balaban J connectivity index is 1.76. The van der Waals surface area contributed by atoms with Gasteiger partial charge in [0.25, 0.3) is 5.91 Å². The van der Waals surface area contributed by atoms with Crippen molar-refractivity contribution in [3.05, 3.63) is 34.2 Å². The van der Waals surface area contributed by atoms with Gasteiger partial charge in [-0.25, -0.2) is 4.98 Å². The first-order chi connectivity index (χ1) is 10.2. The summed E-state index contributed by atoms with van der Waals surface area (Å²) in [4.78, 5) is 16.6. The maximum Gasteiger partial charge on any atom is 0.251 e. The molecule has 1 amide bonds. The molecule has 21 heavy (non-hydrogen) atoms. The predicted molar refractivity (Wildman–Crippen MR) is 80.3 cm³/mol. The van der Waals surface area contributed by atoms with Crippen LogP contribution in [0.4, 0.5) is 0 Å². The highest BCUT2D eigenvalue weighted by Crippen LogP contribution is 2.29. The number of fused-ring (bicyclic) bond motifs is 1. The van der Waals surface area contributed by atoms with Gasteiger partial charge in [-0.3, -0.25) is 4.79 Å². The van der Waals surface area contributed by atoms with Crippen LogP contribution in [0.5, 0.6) is 0 Å². The Morgan fingerprint density at radius 3 is 3.00 bits per heavy atom. The average molecular weight is 299 g/mol. The van der Waals surface area contributed by atoms with Crippen LogP contribution in [-0.2, 0) is 0 Å². The molecule has 1 aromatic carbocycles. The van der Waals surface area contributed by atoms with Gasteiger partial charge in [0.05, 0.1) is 10.4 Å². The summed E-state index contributed by atoms with van der Waals surface area (Å²) in [6, 6.07) is 5.72. The van der Waals surface area contributed by atoms with Crippen molar-refractivity contribution < 1.29 is 9.32 Å². The molecule has 0 spiro atoms. The lowest BCUT2D eigenvalue weighted by Gasteiger charge is -2.02. The molecule has 2 aromatic heterocycles. The molecule has 1 fully saturated rings. The van der Waals surface area contributed by atoms with Gasteiger partial charge in [0.1, 0.15) is 11.4 Å². The summed E-state index contributed by atoms with van der Waals surface area (Å²) >= 11 is 1.57. The molecule has 3 aromatic rings. The van der Waals surface area contributed by atoms with E-state index >= 15 is 0 Å². The van der Waals surface area contributed by atoms with E-state index in [-0.39, 0.29) is 5.91 Å². The van der Waals surface area contributed by atoms with E-state index in [1.165, 1.54) is 0 Å². The Morgan fingerprint density at radius 2 is 2.29 bits per heavy atom. The summed E-state index contributed by atoms with van der Waals surface area (Å²) in [7, 11) is 0. The van der Waals surface area contributed by atoms with Gasteiger partial charge in [-0.15, -0.1) is 11.3 Å². The minimum atomic E-state index is -0.0407. The quantitative estimate of drug-likeness (QED) is 0.806. The molecule has 1 saturated carbocycles. The lowest BCUT2D eigenvalue weighted by molar-refractivity contribution is 0.0951. The Morgan fingerprint density at radius 1 is 1.43 bits per heavy atom. The lowest BCUT2D eigenvalue weighted by atomic mass is 10.1. The molecular weight excluding hydrogens is 286 g/mol. The van der Waals surface area contributed by atoms with E-state index < -0.39 is 0 Å².